The molecule has 0 aliphatic carbocycles. The zero-order chi connectivity index (χ0) is 9.26. The quantitative estimate of drug-likeness (QED) is 0.900. The van der Waals surface area contributed by atoms with Crippen molar-refractivity contribution >= 4 is 27.3 Å². The Morgan fingerprint density at radius 3 is 2.92 bits per heavy atom. The number of thiophene rings is 1. The van der Waals surface area contributed by atoms with E-state index in [0.29, 0.717) is 6.01 Å². The highest BCUT2D eigenvalue weighted by molar-refractivity contribution is 9.11. The summed E-state index contributed by atoms with van der Waals surface area (Å²) in [6.07, 6.45) is 1.76. The van der Waals surface area contributed by atoms with Crippen LogP contribution in [-0.2, 0) is 0 Å². The number of hydrogen-bond donors (Lipinski definition) is 1. The fourth-order valence-corrected chi connectivity index (χ4v) is 2.34. The second kappa shape index (κ2) is 3.51. The molecule has 2 aromatic heterocycles. The summed E-state index contributed by atoms with van der Waals surface area (Å²) in [4.78, 5) is 8.22. The number of imidazole rings is 1. The van der Waals surface area contributed by atoms with Gasteiger partial charge in [0, 0.05) is 0 Å². The van der Waals surface area contributed by atoms with E-state index in [9.17, 15) is 0 Å². The first-order valence-electron chi connectivity index (χ1n) is 3.64. The summed E-state index contributed by atoms with van der Waals surface area (Å²) in [6.45, 7) is 0. The van der Waals surface area contributed by atoms with Crippen LogP contribution in [0.25, 0.3) is 10.6 Å². The SMILES string of the molecule is COc1ncc(-c2ccc(Br)s2)[nH]1. The molecule has 0 radical (unpaired) electrons. The Morgan fingerprint density at radius 1 is 1.54 bits per heavy atom. The molecule has 13 heavy (non-hydrogen) atoms. The normalized spacial score (nSPS) is 10.3. The molecule has 0 saturated heterocycles. The molecule has 0 unspecified atom stereocenters. The highest BCUT2D eigenvalue weighted by atomic mass is 79.9. The number of nitrogens with zero attached hydrogens (tertiary/aromatic N) is 1. The highest BCUT2D eigenvalue weighted by Crippen LogP contribution is 2.30. The van der Waals surface area contributed by atoms with Gasteiger partial charge in [0.2, 0.25) is 0 Å². The topological polar surface area (TPSA) is 37.9 Å². The molecule has 0 amide bonds. The maximum absolute atomic E-state index is 4.95. The van der Waals surface area contributed by atoms with E-state index in [1.807, 2.05) is 12.1 Å². The molecular weight excluding hydrogens is 252 g/mol. The molecule has 0 saturated carbocycles. The van der Waals surface area contributed by atoms with Crippen molar-refractivity contribution in [1.82, 2.24) is 9.97 Å². The molecule has 0 aliphatic rings. The minimum Gasteiger partial charge on any atom is -0.468 e. The van der Waals surface area contributed by atoms with Gasteiger partial charge in [-0.3, -0.25) is 0 Å². The van der Waals surface area contributed by atoms with E-state index in [-0.39, 0.29) is 0 Å². The maximum Gasteiger partial charge on any atom is 0.293 e. The van der Waals surface area contributed by atoms with Crippen molar-refractivity contribution in [2.75, 3.05) is 7.11 Å². The molecule has 68 valence electrons. The van der Waals surface area contributed by atoms with Gasteiger partial charge in [0.05, 0.1) is 27.7 Å². The van der Waals surface area contributed by atoms with E-state index >= 15 is 0 Å². The second-order valence-electron chi connectivity index (χ2n) is 2.41. The van der Waals surface area contributed by atoms with E-state index in [1.54, 1.807) is 24.6 Å². The fourth-order valence-electron chi connectivity index (χ4n) is 0.991. The number of rotatable bonds is 2. The zero-order valence-corrected chi connectivity index (χ0v) is 9.28. The smallest absolute Gasteiger partial charge is 0.293 e. The first-order chi connectivity index (χ1) is 6.29. The summed E-state index contributed by atoms with van der Waals surface area (Å²) >= 11 is 5.06. The minimum atomic E-state index is 0.541. The summed E-state index contributed by atoms with van der Waals surface area (Å²) in [6, 6.07) is 4.58. The number of nitrogens with one attached hydrogen (secondary N) is 1. The van der Waals surface area contributed by atoms with Crippen LogP contribution in [0.1, 0.15) is 0 Å². The third kappa shape index (κ3) is 1.76. The number of hydrogen-bond acceptors (Lipinski definition) is 3. The average molecular weight is 259 g/mol. The van der Waals surface area contributed by atoms with E-state index in [2.05, 4.69) is 25.9 Å². The van der Waals surface area contributed by atoms with Gasteiger partial charge in [-0.05, 0) is 28.1 Å². The van der Waals surface area contributed by atoms with E-state index in [4.69, 9.17) is 4.74 Å². The van der Waals surface area contributed by atoms with E-state index in [0.717, 1.165) is 14.4 Å². The van der Waals surface area contributed by atoms with E-state index in [1.165, 1.54) is 0 Å². The predicted molar refractivity (Wildman–Crippen MR) is 56.2 cm³/mol. The van der Waals surface area contributed by atoms with Crippen LogP contribution in [0.15, 0.2) is 22.1 Å². The highest BCUT2D eigenvalue weighted by Gasteiger charge is 2.04. The van der Waals surface area contributed by atoms with Crippen LogP contribution in [0.3, 0.4) is 0 Å². The molecule has 3 nitrogen and oxygen atoms in total. The minimum absolute atomic E-state index is 0.541. The lowest BCUT2D eigenvalue weighted by molar-refractivity contribution is 0.384. The van der Waals surface area contributed by atoms with Crippen molar-refractivity contribution in [2.45, 2.75) is 0 Å². The number of halogens is 1. The Bertz CT molecular complexity index is 410. The molecule has 0 aliphatic heterocycles. The number of aromatic nitrogens is 2. The van der Waals surface area contributed by atoms with Gasteiger partial charge in [0.1, 0.15) is 0 Å². The Balaban J connectivity index is 2.35. The van der Waals surface area contributed by atoms with Crippen molar-refractivity contribution in [3.63, 3.8) is 0 Å². The van der Waals surface area contributed by atoms with Gasteiger partial charge < -0.3 is 9.72 Å². The molecule has 0 aromatic carbocycles. The van der Waals surface area contributed by atoms with Crippen LogP contribution in [0, 0.1) is 0 Å². The Morgan fingerprint density at radius 2 is 2.38 bits per heavy atom. The lowest BCUT2D eigenvalue weighted by Gasteiger charge is -1.90. The van der Waals surface area contributed by atoms with Gasteiger partial charge in [-0.25, -0.2) is 4.98 Å². The summed E-state index contributed by atoms with van der Waals surface area (Å²) in [5.74, 6) is 0. The molecule has 0 bridgehead atoms. The summed E-state index contributed by atoms with van der Waals surface area (Å²) < 4.78 is 6.06. The second-order valence-corrected chi connectivity index (χ2v) is 4.87. The Hall–Kier alpha value is -0.810. The first-order valence-corrected chi connectivity index (χ1v) is 5.25. The third-order valence-electron chi connectivity index (χ3n) is 1.58. The molecule has 0 fully saturated rings. The summed E-state index contributed by atoms with van der Waals surface area (Å²) in [7, 11) is 1.59. The third-order valence-corrected chi connectivity index (χ3v) is 3.24. The average Bonchev–Trinajstić information content (AvgIpc) is 2.71. The number of aromatic amines is 1. The molecule has 1 N–H and O–H groups in total. The predicted octanol–water partition coefficient (Wildman–Crippen LogP) is 2.91. The Kier molecular flexibility index (Phi) is 2.37. The van der Waals surface area contributed by atoms with Crippen LogP contribution >= 0.6 is 27.3 Å². The standard InChI is InChI=1S/C8H7BrN2OS/c1-12-8-10-4-5(11-8)6-2-3-7(9)13-6/h2-4H,1H3,(H,10,11). The maximum atomic E-state index is 4.95. The van der Waals surface area contributed by atoms with Crippen molar-refractivity contribution in [3.8, 4) is 16.6 Å². The molecular formula is C8H7BrN2OS. The van der Waals surface area contributed by atoms with Crippen molar-refractivity contribution in [1.29, 1.82) is 0 Å². The van der Waals surface area contributed by atoms with Crippen molar-refractivity contribution in [3.05, 3.63) is 22.1 Å². The van der Waals surface area contributed by atoms with E-state index < -0.39 is 0 Å². The lowest BCUT2D eigenvalue weighted by atomic mass is 10.4. The fraction of sp³-hybridized carbons (Fsp3) is 0.125. The summed E-state index contributed by atoms with van der Waals surface area (Å²) in [5.41, 5.74) is 0.979. The Labute approximate surface area is 87.9 Å². The molecule has 2 rings (SSSR count). The lowest BCUT2D eigenvalue weighted by Crippen LogP contribution is -1.82. The number of ether oxygens (including phenoxy) is 1. The van der Waals surface area contributed by atoms with Gasteiger partial charge in [0.15, 0.2) is 0 Å². The molecule has 0 atom stereocenters. The van der Waals surface area contributed by atoms with Crippen LogP contribution in [0.5, 0.6) is 6.01 Å². The van der Waals surface area contributed by atoms with Crippen LogP contribution in [-0.4, -0.2) is 17.1 Å². The summed E-state index contributed by atoms with van der Waals surface area (Å²) in [5, 5.41) is 0. The van der Waals surface area contributed by atoms with Gasteiger partial charge in [-0.15, -0.1) is 11.3 Å². The van der Waals surface area contributed by atoms with Gasteiger partial charge in [-0.2, -0.15) is 0 Å². The van der Waals surface area contributed by atoms with Crippen molar-refractivity contribution < 1.29 is 4.74 Å². The first kappa shape index (κ1) is 8.77. The van der Waals surface area contributed by atoms with Crippen molar-refractivity contribution in [2.24, 2.45) is 0 Å². The van der Waals surface area contributed by atoms with Gasteiger partial charge >= 0.3 is 0 Å². The van der Waals surface area contributed by atoms with Crippen LogP contribution in [0.4, 0.5) is 0 Å². The molecule has 0 spiro atoms. The van der Waals surface area contributed by atoms with Crippen LogP contribution in [0.2, 0.25) is 0 Å². The molecule has 2 heterocycles. The molecule has 5 heteroatoms. The largest absolute Gasteiger partial charge is 0.468 e. The zero-order valence-electron chi connectivity index (χ0n) is 6.87. The van der Waals surface area contributed by atoms with Gasteiger partial charge in [0.25, 0.3) is 6.01 Å². The monoisotopic (exact) mass is 258 g/mol. The number of methoxy groups -OCH3 is 1. The van der Waals surface area contributed by atoms with Gasteiger partial charge in [-0.1, -0.05) is 0 Å². The van der Waals surface area contributed by atoms with Crippen LogP contribution < -0.4 is 4.74 Å². The molecule has 2 aromatic rings. The number of H-pyrrole nitrogens is 1.